The Balaban J connectivity index is 2.13. The summed E-state index contributed by atoms with van der Waals surface area (Å²) in [5.74, 6) is 0.302. The number of carbonyl (C=O) groups excluding carboxylic acids is 2. The second-order valence-corrected chi connectivity index (χ2v) is 4.75. The van der Waals surface area contributed by atoms with Crippen molar-refractivity contribution in [3.05, 3.63) is 0 Å². The van der Waals surface area contributed by atoms with E-state index in [4.69, 9.17) is 0 Å². The number of unbranched alkanes of at least 4 members (excludes halogenated alkanes) is 1. The number of rotatable bonds is 3. The Bertz CT molecular complexity index is 303. The van der Waals surface area contributed by atoms with Crippen LogP contribution in [-0.2, 0) is 9.59 Å². The largest absolute Gasteiger partial charge is 0.329 e. The fourth-order valence-corrected chi connectivity index (χ4v) is 2.68. The maximum Gasteiger partial charge on any atom is 0.246 e. The third-order valence-electron chi connectivity index (χ3n) is 3.68. The minimum atomic E-state index is -0.256. The molecule has 2 aliphatic heterocycles. The van der Waals surface area contributed by atoms with E-state index in [0.717, 1.165) is 38.8 Å². The van der Waals surface area contributed by atoms with E-state index in [9.17, 15) is 9.59 Å². The van der Waals surface area contributed by atoms with E-state index in [1.165, 1.54) is 0 Å². The normalized spacial score (nSPS) is 29.9. The predicted octanol–water partition coefficient (Wildman–Crippen LogP) is 1.01. The molecular weight excluding hydrogens is 204 g/mol. The maximum atomic E-state index is 12.2. The highest BCUT2D eigenvalue weighted by atomic mass is 16.2. The highest BCUT2D eigenvalue weighted by Gasteiger charge is 2.45. The van der Waals surface area contributed by atoms with E-state index in [2.05, 4.69) is 6.92 Å². The van der Waals surface area contributed by atoms with Crippen molar-refractivity contribution < 1.29 is 9.59 Å². The van der Waals surface area contributed by atoms with Gasteiger partial charge in [-0.1, -0.05) is 13.3 Å². The van der Waals surface area contributed by atoms with Gasteiger partial charge in [0.1, 0.15) is 12.1 Å². The van der Waals surface area contributed by atoms with Crippen LogP contribution in [0.2, 0.25) is 0 Å². The summed E-state index contributed by atoms with van der Waals surface area (Å²) in [5, 5.41) is 0. The van der Waals surface area contributed by atoms with Crippen molar-refractivity contribution in [1.82, 2.24) is 9.80 Å². The molecule has 4 nitrogen and oxygen atoms in total. The second kappa shape index (κ2) is 4.44. The molecule has 0 aliphatic carbocycles. The summed E-state index contributed by atoms with van der Waals surface area (Å²) in [5.41, 5.74) is 0. The zero-order valence-corrected chi connectivity index (χ0v) is 10.1. The van der Waals surface area contributed by atoms with Crippen LogP contribution in [-0.4, -0.2) is 46.8 Å². The molecule has 0 aromatic carbocycles. The van der Waals surface area contributed by atoms with Gasteiger partial charge in [-0.25, -0.2) is 0 Å². The fourth-order valence-electron chi connectivity index (χ4n) is 2.68. The summed E-state index contributed by atoms with van der Waals surface area (Å²) < 4.78 is 0. The lowest BCUT2D eigenvalue weighted by Gasteiger charge is -2.40. The first-order chi connectivity index (χ1) is 7.66. The van der Waals surface area contributed by atoms with Gasteiger partial charge in [0, 0.05) is 13.1 Å². The first-order valence-electron chi connectivity index (χ1n) is 6.27. The van der Waals surface area contributed by atoms with Gasteiger partial charge in [0.2, 0.25) is 11.8 Å². The van der Waals surface area contributed by atoms with Crippen molar-refractivity contribution in [3.63, 3.8) is 0 Å². The van der Waals surface area contributed by atoms with Gasteiger partial charge in [-0.15, -0.1) is 0 Å². The lowest BCUT2D eigenvalue weighted by molar-refractivity contribution is -0.158. The van der Waals surface area contributed by atoms with Crippen LogP contribution in [0.15, 0.2) is 0 Å². The van der Waals surface area contributed by atoms with E-state index in [0.29, 0.717) is 0 Å². The van der Waals surface area contributed by atoms with Crippen LogP contribution in [0.3, 0.4) is 0 Å². The predicted molar refractivity (Wildman–Crippen MR) is 60.8 cm³/mol. The van der Waals surface area contributed by atoms with Crippen LogP contribution in [0.5, 0.6) is 0 Å². The van der Waals surface area contributed by atoms with Gasteiger partial charge in [-0.2, -0.15) is 0 Å². The Hall–Kier alpha value is -1.06. The summed E-state index contributed by atoms with van der Waals surface area (Å²) in [7, 11) is 0. The van der Waals surface area contributed by atoms with E-state index >= 15 is 0 Å². The summed E-state index contributed by atoms with van der Waals surface area (Å²) in [4.78, 5) is 27.8. The topological polar surface area (TPSA) is 40.6 Å². The lowest BCUT2D eigenvalue weighted by atomic mass is 10.1. The van der Waals surface area contributed by atoms with Crippen molar-refractivity contribution in [2.24, 2.45) is 0 Å². The molecule has 0 saturated carbocycles. The van der Waals surface area contributed by atoms with Gasteiger partial charge in [0.15, 0.2) is 0 Å². The molecule has 2 aliphatic rings. The minimum absolute atomic E-state index is 0.137. The molecule has 0 aromatic rings. The third-order valence-corrected chi connectivity index (χ3v) is 3.68. The van der Waals surface area contributed by atoms with Gasteiger partial charge in [-0.3, -0.25) is 9.59 Å². The van der Waals surface area contributed by atoms with Gasteiger partial charge in [-0.05, 0) is 26.2 Å². The highest BCUT2D eigenvalue weighted by Crippen LogP contribution is 2.26. The van der Waals surface area contributed by atoms with Crippen LogP contribution < -0.4 is 0 Å². The zero-order chi connectivity index (χ0) is 11.7. The number of carbonyl (C=O) groups is 2. The minimum Gasteiger partial charge on any atom is -0.329 e. The smallest absolute Gasteiger partial charge is 0.246 e. The second-order valence-electron chi connectivity index (χ2n) is 4.75. The molecule has 4 heteroatoms. The molecule has 2 rings (SSSR count). The van der Waals surface area contributed by atoms with Gasteiger partial charge < -0.3 is 9.80 Å². The van der Waals surface area contributed by atoms with Gasteiger partial charge in [0.05, 0.1) is 0 Å². The van der Waals surface area contributed by atoms with Crippen molar-refractivity contribution in [1.29, 1.82) is 0 Å². The molecule has 2 unspecified atom stereocenters. The molecule has 90 valence electrons. The lowest BCUT2D eigenvalue weighted by Crippen LogP contribution is -2.61. The summed E-state index contributed by atoms with van der Waals surface area (Å²) in [6.07, 6.45) is 3.85. The van der Waals surface area contributed by atoms with Gasteiger partial charge >= 0.3 is 0 Å². The Morgan fingerprint density at radius 3 is 2.75 bits per heavy atom. The van der Waals surface area contributed by atoms with E-state index in [-0.39, 0.29) is 23.9 Å². The highest BCUT2D eigenvalue weighted by molar-refractivity contribution is 5.97. The molecule has 0 aromatic heterocycles. The van der Waals surface area contributed by atoms with Crippen LogP contribution in [0, 0.1) is 0 Å². The quantitative estimate of drug-likeness (QED) is 0.718. The van der Waals surface area contributed by atoms with Gasteiger partial charge in [0.25, 0.3) is 0 Å². The zero-order valence-electron chi connectivity index (χ0n) is 10.1. The number of amides is 2. The van der Waals surface area contributed by atoms with E-state index in [1.807, 2.05) is 6.92 Å². The molecular formula is C12H20N2O2. The van der Waals surface area contributed by atoms with Crippen LogP contribution in [0.4, 0.5) is 0 Å². The van der Waals surface area contributed by atoms with Crippen LogP contribution in [0.1, 0.15) is 39.5 Å². The monoisotopic (exact) mass is 224 g/mol. The first kappa shape index (κ1) is 11.4. The molecule has 2 amide bonds. The van der Waals surface area contributed by atoms with E-state index < -0.39 is 0 Å². The Kier molecular flexibility index (Phi) is 3.17. The maximum absolute atomic E-state index is 12.2. The van der Waals surface area contributed by atoms with Crippen LogP contribution in [0.25, 0.3) is 0 Å². The number of piperazine rings is 1. The molecule has 0 spiro atoms. The van der Waals surface area contributed by atoms with Crippen molar-refractivity contribution in [2.45, 2.75) is 51.6 Å². The molecule has 0 radical (unpaired) electrons. The molecule has 0 bridgehead atoms. The van der Waals surface area contributed by atoms with Crippen LogP contribution >= 0.6 is 0 Å². The third kappa shape index (κ3) is 1.70. The number of nitrogens with zero attached hydrogens (tertiary/aromatic N) is 2. The molecule has 0 N–H and O–H groups in total. The Labute approximate surface area is 96.6 Å². The SMILES string of the molecule is CCCCN1C(=O)C2CCCN2C(=O)C1C. The van der Waals surface area contributed by atoms with Crippen molar-refractivity contribution >= 4 is 11.8 Å². The average molecular weight is 224 g/mol. The Morgan fingerprint density at radius 1 is 1.31 bits per heavy atom. The summed E-state index contributed by atoms with van der Waals surface area (Å²) >= 11 is 0. The molecule has 2 saturated heterocycles. The van der Waals surface area contributed by atoms with Crippen molar-refractivity contribution in [3.8, 4) is 0 Å². The first-order valence-corrected chi connectivity index (χ1v) is 6.27. The number of hydrogen-bond acceptors (Lipinski definition) is 2. The van der Waals surface area contributed by atoms with Crippen molar-refractivity contribution in [2.75, 3.05) is 13.1 Å². The van der Waals surface area contributed by atoms with E-state index in [1.54, 1.807) is 9.80 Å². The summed E-state index contributed by atoms with van der Waals surface area (Å²) in [6.45, 7) is 5.45. The molecule has 2 fully saturated rings. The fraction of sp³-hybridized carbons (Fsp3) is 0.833. The standard InChI is InChI=1S/C12H20N2O2/c1-3-4-7-13-9(2)11(15)14-8-5-6-10(14)12(13)16/h9-10H,3-8H2,1-2H3. The summed E-state index contributed by atoms with van der Waals surface area (Å²) in [6, 6.07) is -0.408. The average Bonchev–Trinajstić information content (AvgIpc) is 2.75. The number of hydrogen-bond donors (Lipinski definition) is 0. The molecule has 16 heavy (non-hydrogen) atoms. The number of fused-ring (bicyclic) bond motifs is 1. The molecule has 2 heterocycles. The molecule has 2 atom stereocenters. The Morgan fingerprint density at radius 2 is 2.06 bits per heavy atom.